The van der Waals surface area contributed by atoms with Crippen molar-refractivity contribution in [3.05, 3.63) is 89.5 Å². The van der Waals surface area contributed by atoms with Gasteiger partial charge in [0.1, 0.15) is 17.2 Å². The van der Waals surface area contributed by atoms with E-state index < -0.39 is 115 Å². The monoisotopic (exact) mass is 1150 g/mol. The highest BCUT2D eigenvalue weighted by Gasteiger charge is 2.42. The van der Waals surface area contributed by atoms with Gasteiger partial charge in [-0.2, -0.15) is 0 Å². The van der Waals surface area contributed by atoms with Crippen molar-refractivity contribution in [2.45, 2.75) is 128 Å². The molecule has 68 heavy (non-hydrogen) atoms. The van der Waals surface area contributed by atoms with Crippen molar-refractivity contribution in [1.29, 1.82) is 0 Å². The first kappa shape index (κ1) is 56.5. The van der Waals surface area contributed by atoms with Gasteiger partial charge in [-0.25, -0.2) is 0 Å². The van der Waals surface area contributed by atoms with Gasteiger partial charge in [0, 0.05) is 5.41 Å². The van der Waals surface area contributed by atoms with Crippen LogP contribution in [0.1, 0.15) is 42.9 Å². The van der Waals surface area contributed by atoms with E-state index in [1.54, 1.807) is 0 Å². The van der Waals surface area contributed by atoms with Crippen LogP contribution in [0.5, 0.6) is 17.2 Å². The molecule has 3 heterocycles. The van der Waals surface area contributed by atoms with Crippen LogP contribution < -0.4 is 14.2 Å². The Balaban J connectivity index is 1.11. The maximum atomic E-state index is 6.49. The van der Waals surface area contributed by atoms with Crippen LogP contribution in [0.4, 0.5) is 0 Å². The van der Waals surface area contributed by atoms with Crippen LogP contribution in [-0.4, -0.2) is 129 Å². The zero-order valence-corrected chi connectivity index (χ0v) is 56.0. The first-order valence-electron chi connectivity index (χ1n) is 24.4. The van der Waals surface area contributed by atoms with E-state index in [1.807, 2.05) is 0 Å². The Bertz CT molecular complexity index is 1720. The van der Waals surface area contributed by atoms with Crippen molar-refractivity contribution < 1.29 is 63.6 Å². The van der Waals surface area contributed by atoms with E-state index in [0.717, 1.165) is 71.3 Å². The Morgan fingerprint density at radius 2 is 0.559 bits per heavy atom. The Hall–Kier alpha value is -0.817. The summed E-state index contributed by atoms with van der Waals surface area (Å²) in [7, 11) is -23.1. The quantitative estimate of drug-likeness (QED) is 0.0783. The molecule has 3 aliphatic heterocycles. The smallest absolute Gasteiger partial charge is 0.317 e. The zero-order chi connectivity index (χ0) is 49.1. The molecule has 3 aromatic carbocycles. The first-order valence-corrected chi connectivity index (χ1v) is 50.9. The summed E-state index contributed by atoms with van der Waals surface area (Å²) in [5.74, 6) is 2.46. The molecule has 3 saturated heterocycles. The van der Waals surface area contributed by atoms with Gasteiger partial charge in [-0.05, 0) is 176 Å². The fourth-order valence-electron chi connectivity index (χ4n) is 9.33. The first-order chi connectivity index (χ1) is 32.2. The largest absolute Gasteiger partial charge is 0.494 e. The second-order valence-corrected chi connectivity index (χ2v) is 49.3. The summed E-state index contributed by atoms with van der Waals surface area (Å²) in [6.07, 6.45) is 2.47. The van der Waals surface area contributed by atoms with E-state index >= 15 is 0 Å². The predicted molar refractivity (Wildman–Crippen MR) is 295 cm³/mol. The van der Waals surface area contributed by atoms with Crippen LogP contribution in [0.3, 0.4) is 0 Å². The Morgan fingerprint density at radius 1 is 0.353 bits per heavy atom. The zero-order valence-electron chi connectivity index (χ0n) is 42.6. The molecule has 380 valence electrons. The molecule has 0 bridgehead atoms. The third-order valence-electron chi connectivity index (χ3n) is 12.2. The van der Waals surface area contributed by atoms with Crippen LogP contribution in [0.15, 0.2) is 72.8 Å². The molecule has 0 N–H and O–H groups in total. The minimum absolute atomic E-state index is 0.508. The predicted octanol–water partition coefficient (Wildman–Crippen LogP) is 6.46. The van der Waals surface area contributed by atoms with E-state index in [4.69, 9.17) is 63.6 Å². The molecule has 3 fully saturated rings. The summed E-state index contributed by atoms with van der Waals surface area (Å²) in [5.41, 5.74) is 2.89. The van der Waals surface area contributed by atoms with Gasteiger partial charge >= 0.3 is 25.7 Å². The van der Waals surface area contributed by atoms with Crippen molar-refractivity contribution in [3.8, 4) is 17.2 Å². The molecule has 0 amide bonds. The van der Waals surface area contributed by atoms with E-state index in [2.05, 4.69) is 158 Å². The number of hydrogen-bond donors (Lipinski definition) is 0. The summed E-state index contributed by atoms with van der Waals surface area (Å²) >= 11 is 0. The second-order valence-electron chi connectivity index (χ2n) is 18.6. The molecule has 6 unspecified atom stereocenters. The highest BCUT2D eigenvalue weighted by atomic mass is 28.5. The van der Waals surface area contributed by atoms with Crippen LogP contribution in [0.2, 0.25) is 96.7 Å². The van der Waals surface area contributed by atoms with Crippen LogP contribution in [0, 0.1) is 0 Å². The minimum Gasteiger partial charge on any atom is -0.494 e. The number of benzene rings is 3. The van der Waals surface area contributed by atoms with E-state index in [-0.39, 0.29) is 0 Å². The van der Waals surface area contributed by atoms with E-state index in [0.29, 0.717) is 19.8 Å². The van der Waals surface area contributed by atoms with Crippen LogP contribution in [0.25, 0.3) is 0 Å². The molecule has 3 aliphatic rings. The second kappa shape index (κ2) is 25.9. The van der Waals surface area contributed by atoms with Gasteiger partial charge in [0.05, 0.1) is 19.8 Å². The fourth-order valence-corrected chi connectivity index (χ4v) is 53.3. The van der Waals surface area contributed by atoms with Crippen molar-refractivity contribution in [1.82, 2.24) is 0 Å². The van der Waals surface area contributed by atoms with Gasteiger partial charge in [0.25, 0.3) is 83.6 Å². The van der Waals surface area contributed by atoms with Gasteiger partial charge < -0.3 is 63.6 Å². The lowest BCUT2D eigenvalue weighted by molar-refractivity contribution is 0.264. The van der Waals surface area contributed by atoms with Crippen LogP contribution >= 0.6 is 0 Å². The van der Waals surface area contributed by atoms with Gasteiger partial charge in [0.2, 0.25) is 0 Å². The fraction of sp³-hybridized carbons (Fsp3) is 0.561. The third kappa shape index (κ3) is 17.1. The topological polar surface area (TPSA) is 138 Å². The molecule has 6 atom stereocenters. The van der Waals surface area contributed by atoms with E-state index in [9.17, 15) is 0 Å². The number of ether oxygens (including phenoxy) is 3. The van der Waals surface area contributed by atoms with E-state index in [1.165, 1.54) is 0 Å². The molecule has 0 saturated carbocycles. The minimum atomic E-state index is -2.42. The van der Waals surface area contributed by atoms with Crippen molar-refractivity contribution >= 4 is 109 Å². The average molecular weight is 1150 g/mol. The Morgan fingerprint density at radius 3 is 0.765 bits per heavy atom. The Kier molecular flexibility index (Phi) is 21.5. The molecule has 6 rings (SSSR count). The standard InChI is InChI=1S/C41H78O15Si12/c1-41(35-17-23-38(24-18-35)42-29-14-32-66(11)51-60(5)45-57(2)46-61(6)52-66,36-19-25-39(26-20-36)43-30-15-33-67(12)53-62(7)47-58(3)48-63(8)54-67)37-21-27-40(28-22-37)44-31-16-34-68(13)55-64(9)49-59(4)50-65(10)56-68/h17-28,57-65H,14-16,29-34H2,1-13H3. The van der Waals surface area contributed by atoms with Crippen molar-refractivity contribution in [2.24, 2.45) is 0 Å². The lowest BCUT2D eigenvalue weighted by Crippen LogP contribution is -2.53. The normalized spacial score (nSPS) is 33.9. The molecule has 0 aromatic heterocycles. The molecular formula is C41H78O15Si12. The maximum Gasteiger partial charge on any atom is 0.317 e. The van der Waals surface area contributed by atoms with Gasteiger partial charge in [0.15, 0.2) is 0 Å². The summed E-state index contributed by atoms with van der Waals surface area (Å²) in [6, 6.07) is 28.0. The van der Waals surface area contributed by atoms with Crippen LogP contribution in [-0.2, 0) is 54.8 Å². The van der Waals surface area contributed by atoms with Gasteiger partial charge in [-0.1, -0.05) is 36.4 Å². The average Bonchev–Trinajstić information content (AvgIpc) is 3.24. The highest BCUT2D eigenvalue weighted by Crippen LogP contribution is 2.41. The number of rotatable bonds is 18. The molecule has 3 aromatic rings. The molecule has 27 heteroatoms. The summed E-state index contributed by atoms with van der Waals surface area (Å²) in [4.78, 5) is 0. The molecule has 0 radical (unpaired) electrons. The molecule has 0 aliphatic carbocycles. The SMILES string of the molecule is C[SiH]1O[SiH](C)O[Si](C)(CCCOc2ccc(C(C)(c3ccc(OCCC[Si]4(C)O[SiH](C)O[SiH](C)O[SiH](C)O4)cc3)c3ccc(OCCC[Si]4(C)O[SiH](C)O[SiH](C)O[SiH](C)O4)cc3)cc2)O[SiH](C)O1. The van der Waals surface area contributed by atoms with Crippen molar-refractivity contribution in [2.75, 3.05) is 19.8 Å². The summed E-state index contributed by atoms with van der Waals surface area (Å²) in [5, 5.41) is 0. The lowest BCUT2D eigenvalue weighted by Gasteiger charge is -2.37. The third-order valence-corrected chi connectivity index (χ3v) is 54.3. The highest BCUT2D eigenvalue weighted by molar-refractivity contribution is 6.82. The maximum absolute atomic E-state index is 6.49. The number of hydrogen-bond acceptors (Lipinski definition) is 15. The molecule has 15 nitrogen and oxygen atoms in total. The summed E-state index contributed by atoms with van der Waals surface area (Å²) in [6.45, 7) is 29.0. The summed E-state index contributed by atoms with van der Waals surface area (Å²) < 4.78 is 94.6. The van der Waals surface area contributed by atoms with Crippen molar-refractivity contribution in [3.63, 3.8) is 0 Å². The van der Waals surface area contributed by atoms with Gasteiger partial charge in [-0.15, -0.1) is 0 Å². The Labute approximate surface area is 425 Å². The van der Waals surface area contributed by atoms with Gasteiger partial charge in [-0.3, -0.25) is 0 Å². The molecule has 0 spiro atoms. The lowest BCUT2D eigenvalue weighted by atomic mass is 9.71. The molecular weight excluding hydrogens is 1070 g/mol.